The van der Waals surface area contributed by atoms with Crippen LogP contribution in [0.2, 0.25) is 0 Å². The maximum Gasteiger partial charge on any atom is 0.122 e. The topological polar surface area (TPSA) is 40.5 Å². The number of benzene rings is 2. The quantitative estimate of drug-likeness (QED) is 0.720. The summed E-state index contributed by atoms with van der Waals surface area (Å²) in [5, 5.41) is 20.2. The molecule has 0 bridgehead atoms. The van der Waals surface area contributed by atoms with E-state index in [1.165, 1.54) is 0 Å². The lowest BCUT2D eigenvalue weighted by Gasteiger charge is -2.22. The van der Waals surface area contributed by atoms with Crippen molar-refractivity contribution in [1.82, 2.24) is 0 Å². The van der Waals surface area contributed by atoms with Crippen LogP contribution in [0, 0.1) is 20.8 Å². The van der Waals surface area contributed by atoms with Crippen LogP contribution < -0.4 is 0 Å². The molecule has 0 aliphatic carbocycles. The predicted molar refractivity (Wildman–Crippen MR) is 98.1 cm³/mol. The van der Waals surface area contributed by atoms with E-state index < -0.39 is 0 Å². The van der Waals surface area contributed by atoms with Crippen molar-refractivity contribution in [1.29, 1.82) is 0 Å². The van der Waals surface area contributed by atoms with Gasteiger partial charge in [0.25, 0.3) is 0 Å². The zero-order valence-electron chi connectivity index (χ0n) is 14.9. The molecule has 2 rings (SSSR count). The number of aromatic hydroxyl groups is 2. The van der Waals surface area contributed by atoms with Crippen molar-refractivity contribution < 1.29 is 10.2 Å². The predicted octanol–water partition coefficient (Wildman–Crippen LogP) is 5.49. The number of hydrogen-bond acceptors (Lipinski definition) is 2. The third-order valence-electron chi connectivity index (χ3n) is 4.11. The molecular formula is C21H26O2. The average molecular weight is 310 g/mol. The van der Waals surface area contributed by atoms with E-state index >= 15 is 0 Å². The van der Waals surface area contributed by atoms with E-state index in [-0.39, 0.29) is 5.41 Å². The molecule has 0 aliphatic rings. The Morgan fingerprint density at radius 1 is 0.696 bits per heavy atom. The lowest BCUT2D eigenvalue weighted by Crippen LogP contribution is -2.12. The Bertz CT molecular complexity index is 739. The molecular weight excluding hydrogens is 284 g/mol. The molecule has 2 nitrogen and oxygen atoms in total. The summed E-state index contributed by atoms with van der Waals surface area (Å²) in [5.41, 5.74) is 5.60. The molecule has 0 amide bonds. The molecule has 0 atom stereocenters. The minimum atomic E-state index is -0.107. The van der Waals surface area contributed by atoms with Crippen LogP contribution in [-0.2, 0) is 5.41 Å². The normalized spacial score (nSPS) is 12.1. The van der Waals surface area contributed by atoms with Crippen molar-refractivity contribution in [2.75, 3.05) is 0 Å². The van der Waals surface area contributed by atoms with E-state index in [2.05, 4.69) is 20.8 Å². The summed E-state index contributed by atoms with van der Waals surface area (Å²) in [7, 11) is 0. The Labute approximate surface area is 139 Å². The first-order chi connectivity index (χ1) is 10.6. The zero-order valence-corrected chi connectivity index (χ0v) is 14.9. The van der Waals surface area contributed by atoms with Gasteiger partial charge in [-0.2, -0.15) is 0 Å². The van der Waals surface area contributed by atoms with Crippen LogP contribution in [0.5, 0.6) is 11.5 Å². The largest absolute Gasteiger partial charge is 0.507 e. The highest BCUT2D eigenvalue weighted by Crippen LogP contribution is 2.34. The lowest BCUT2D eigenvalue weighted by molar-refractivity contribution is 0.443. The first-order valence-corrected chi connectivity index (χ1v) is 7.92. The highest BCUT2D eigenvalue weighted by atomic mass is 16.3. The minimum Gasteiger partial charge on any atom is -0.507 e. The standard InChI is InChI=1S/C21H26O2/c1-13-9-16(10-14(2)19(13)22)7-8-17-11-15(3)20(23)18(12-17)21(4,5)6/h7-12,22-23H,1-6H3/b8-7+. The van der Waals surface area contributed by atoms with Crippen LogP contribution in [0.3, 0.4) is 0 Å². The SMILES string of the molecule is Cc1cc(/C=C/c2cc(C)c(O)c(C(C)(C)C)c2)cc(C)c1O. The van der Waals surface area contributed by atoms with Gasteiger partial charge in [0.2, 0.25) is 0 Å². The van der Waals surface area contributed by atoms with Crippen molar-refractivity contribution >= 4 is 12.2 Å². The van der Waals surface area contributed by atoms with Crippen molar-refractivity contribution in [2.45, 2.75) is 47.0 Å². The Morgan fingerprint density at radius 2 is 1.09 bits per heavy atom. The Hall–Kier alpha value is -2.22. The molecule has 0 aliphatic heterocycles. The molecule has 0 saturated carbocycles. The Balaban J connectivity index is 2.43. The summed E-state index contributed by atoms with van der Waals surface area (Å²) >= 11 is 0. The Kier molecular flexibility index (Phi) is 4.56. The number of hydrogen-bond donors (Lipinski definition) is 2. The van der Waals surface area contributed by atoms with E-state index in [1.54, 1.807) is 0 Å². The van der Waals surface area contributed by atoms with Gasteiger partial charge in [0.05, 0.1) is 0 Å². The van der Waals surface area contributed by atoms with Gasteiger partial charge in [-0.05, 0) is 78.3 Å². The fraction of sp³-hybridized carbons (Fsp3) is 0.333. The molecule has 0 unspecified atom stereocenters. The van der Waals surface area contributed by atoms with E-state index in [0.29, 0.717) is 11.5 Å². The molecule has 0 saturated heterocycles. The van der Waals surface area contributed by atoms with Crippen LogP contribution in [0.15, 0.2) is 24.3 Å². The van der Waals surface area contributed by atoms with Crippen molar-refractivity contribution in [2.24, 2.45) is 0 Å². The second-order valence-corrected chi connectivity index (χ2v) is 7.32. The molecule has 122 valence electrons. The van der Waals surface area contributed by atoms with Crippen LogP contribution in [0.25, 0.3) is 12.2 Å². The van der Waals surface area contributed by atoms with Crippen LogP contribution in [0.4, 0.5) is 0 Å². The molecule has 0 spiro atoms. The first-order valence-electron chi connectivity index (χ1n) is 7.92. The molecule has 0 heterocycles. The van der Waals surface area contributed by atoms with Gasteiger partial charge in [0.1, 0.15) is 11.5 Å². The van der Waals surface area contributed by atoms with Gasteiger partial charge in [-0.3, -0.25) is 0 Å². The highest BCUT2D eigenvalue weighted by Gasteiger charge is 2.19. The van der Waals surface area contributed by atoms with Gasteiger partial charge in [-0.25, -0.2) is 0 Å². The van der Waals surface area contributed by atoms with Gasteiger partial charge < -0.3 is 10.2 Å². The summed E-state index contributed by atoms with van der Waals surface area (Å²) in [6.07, 6.45) is 4.09. The maximum atomic E-state index is 10.3. The molecule has 23 heavy (non-hydrogen) atoms. The monoisotopic (exact) mass is 310 g/mol. The summed E-state index contributed by atoms with van der Waals surface area (Å²) in [5.74, 6) is 0.739. The molecule has 2 aromatic rings. The fourth-order valence-electron chi connectivity index (χ4n) is 2.75. The molecule has 2 heteroatoms. The summed E-state index contributed by atoms with van der Waals surface area (Å²) in [6, 6.07) is 7.97. The number of aryl methyl sites for hydroxylation is 3. The van der Waals surface area contributed by atoms with Crippen LogP contribution in [0.1, 0.15) is 54.2 Å². The van der Waals surface area contributed by atoms with Crippen LogP contribution >= 0.6 is 0 Å². The van der Waals surface area contributed by atoms with E-state index in [4.69, 9.17) is 0 Å². The van der Waals surface area contributed by atoms with Crippen molar-refractivity contribution in [3.05, 3.63) is 57.6 Å². The third kappa shape index (κ3) is 3.76. The average Bonchev–Trinajstić information content (AvgIpc) is 2.44. The van der Waals surface area contributed by atoms with E-state index in [9.17, 15) is 10.2 Å². The summed E-state index contributed by atoms with van der Waals surface area (Å²) < 4.78 is 0. The van der Waals surface area contributed by atoms with Gasteiger partial charge >= 0.3 is 0 Å². The van der Waals surface area contributed by atoms with Crippen molar-refractivity contribution in [3.8, 4) is 11.5 Å². The molecule has 0 radical (unpaired) electrons. The second kappa shape index (κ2) is 6.11. The second-order valence-electron chi connectivity index (χ2n) is 7.32. The van der Waals surface area contributed by atoms with Crippen LogP contribution in [-0.4, -0.2) is 10.2 Å². The zero-order chi connectivity index (χ0) is 17.4. The van der Waals surface area contributed by atoms with Gasteiger partial charge in [-0.1, -0.05) is 32.9 Å². The lowest BCUT2D eigenvalue weighted by atomic mass is 9.84. The number of phenolic OH excluding ortho intramolecular Hbond substituents is 2. The molecule has 0 fully saturated rings. The first kappa shape index (κ1) is 17.1. The van der Waals surface area contributed by atoms with Gasteiger partial charge in [0.15, 0.2) is 0 Å². The number of rotatable bonds is 2. The number of phenols is 2. The van der Waals surface area contributed by atoms with E-state index in [1.807, 2.05) is 57.2 Å². The smallest absolute Gasteiger partial charge is 0.122 e. The summed E-state index contributed by atoms with van der Waals surface area (Å²) in [6.45, 7) is 12.0. The maximum absolute atomic E-state index is 10.3. The fourth-order valence-corrected chi connectivity index (χ4v) is 2.75. The molecule has 0 aromatic heterocycles. The minimum absolute atomic E-state index is 0.107. The van der Waals surface area contributed by atoms with Gasteiger partial charge in [0, 0.05) is 5.56 Å². The Morgan fingerprint density at radius 3 is 1.52 bits per heavy atom. The molecule has 2 aromatic carbocycles. The van der Waals surface area contributed by atoms with E-state index in [0.717, 1.165) is 33.4 Å². The van der Waals surface area contributed by atoms with Gasteiger partial charge in [-0.15, -0.1) is 0 Å². The third-order valence-corrected chi connectivity index (χ3v) is 4.11. The molecule has 2 N–H and O–H groups in total. The highest BCUT2D eigenvalue weighted by molar-refractivity contribution is 5.72. The summed E-state index contributed by atoms with van der Waals surface area (Å²) in [4.78, 5) is 0. The van der Waals surface area contributed by atoms with Crippen molar-refractivity contribution in [3.63, 3.8) is 0 Å².